The molecule has 116 valence electrons. The predicted molar refractivity (Wildman–Crippen MR) is 86.2 cm³/mol. The number of hydrogen-bond donors (Lipinski definition) is 1. The van der Waals surface area contributed by atoms with Crippen molar-refractivity contribution in [1.82, 2.24) is 15.3 Å². The molecule has 2 fully saturated rings. The number of halogens is 2. The first-order valence-electron chi connectivity index (χ1n) is 7.69. The number of nitrogens with one attached hydrogen (secondary N) is 1. The van der Waals surface area contributed by atoms with Gasteiger partial charge in [-0.05, 0) is 43.5 Å². The normalized spacial score (nSPS) is 23.2. The Labute approximate surface area is 133 Å². The second-order valence-corrected chi connectivity index (χ2v) is 6.72. The molecule has 1 saturated carbocycles. The number of hydrogen-bond acceptors (Lipinski definition) is 4. The fourth-order valence-corrected chi connectivity index (χ4v) is 3.29. The van der Waals surface area contributed by atoms with Crippen LogP contribution in [-0.4, -0.2) is 41.3 Å². The van der Waals surface area contributed by atoms with E-state index in [1.165, 1.54) is 0 Å². The monoisotopic (exact) mass is 320 g/mol. The average molecular weight is 321 g/mol. The van der Waals surface area contributed by atoms with Gasteiger partial charge in [-0.3, -0.25) is 0 Å². The molecule has 0 amide bonds. The van der Waals surface area contributed by atoms with Crippen LogP contribution in [0.2, 0.25) is 5.15 Å². The fraction of sp³-hybridized carbons (Fsp3) is 0.500. The topological polar surface area (TPSA) is 41.0 Å². The molecule has 2 aliphatic rings. The minimum Gasteiger partial charge on any atom is -0.355 e. The summed E-state index contributed by atoms with van der Waals surface area (Å²) in [6, 6.07) is 7.93. The summed E-state index contributed by atoms with van der Waals surface area (Å²) in [5, 5.41) is 3.97. The number of anilines is 1. The van der Waals surface area contributed by atoms with E-state index < -0.39 is 0 Å². The fourth-order valence-electron chi connectivity index (χ4n) is 3.14. The van der Waals surface area contributed by atoms with Gasteiger partial charge in [0.2, 0.25) is 0 Å². The smallest absolute Gasteiger partial charge is 0.129 e. The van der Waals surface area contributed by atoms with Crippen molar-refractivity contribution < 1.29 is 4.39 Å². The van der Waals surface area contributed by atoms with E-state index in [1.807, 2.05) is 18.2 Å². The Hall–Kier alpha value is -1.46. The molecule has 6 heteroatoms. The standard InChI is InChI=1S/C16H18ClFN4/c17-14-3-1-13-12(19-14)2-4-15(20-13)22-8-5-11(9-22)21-16(10-18)6-7-16/h1-4,11,21H,5-10H2. The van der Waals surface area contributed by atoms with Gasteiger partial charge in [0.25, 0.3) is 0 Å². The molecule has 3 heterocycles. The third kappa shape index (κ3) is 2.63. The van der Waals surface area contributed by atoms with Crippen LogP contribution in [-0.2, 0) is 0 Å². The lowest BCUT2D eigenvalue weighted by Crippen LogP contribution is -2.43. The average Bonchev–Trinajstić information content (AvgIpc) is 3.15. The number of aromatic nitrogens is 2. The Balaban J connectivity index is 1.49. The van der Waals surface area contributed by atoms with Crippen molar-refractivity contribution in [2.75, 3.05) is 24.7 Å². The van der Waals surface area contributed by atoms with E-state index >= 15 is 0 Å². The molecule has 0 bridgehead atoms. The molecular weight excluding hydrogens is 303 g/mol. The van der Waals surface area contributed by atoms with Gasteiger partial charge in [0.1, 0.15) is 17.6 Å². The highest BCUT2D eigenvalue weighted by molar-refractivity contribution is 6.29. The third-order valence-corrected chi connectivity index (χ3v) is 4.84. The van der Waals surface area contributed by atoms with Gasteiger partial charge >= 0.3 is 0 Å². The second kappa shape index (κ2) is 5.32. The Morgan fingerprint density at radius 3 is 2.77 bits per heavy atom. The number of alkyl halides is 1. The quantitative estimate of drug-likeness (QED) is 0.879. The molecule has 4 rings (SSSR count). The van der Waals surface area contributed by atoms with Crippen LogP contribution in [0.25, 0.3) is 11.0 Å². The molecule has 0 aromatic carbocycles. The number of nitrogens with zero attached hydrogens (tertiary/aromatic N) is 3. The van der Waals surface area contributed by atoms with Crippen LogP contribution < -0.4 is 10.2 Å². The van der Waals surface area contributed by atoms with Crippen molar-refractivity contribution in [3.05, 3.63) is 29.4 Å². The van der Waals surface area contributed by atoms with Crippen LogP contribution in [0.3, 0.4) is 0 Å². The molecule has 1 atom stereocenters. The van der Waals surface area contributed by atoms with Crippen molar-refractivity contribution in [2.45, 2.75) is 30.8 Å². The Morgan fingerprint density at radius 2 is 2.00 bits per heavy atom. The molecule has 1 unspecified atom stereocenters. The Kier molecular flexibility index (Phi) is 3.42. The summed E-state index contributed by atoms with van der Waals surface area (Å²) >= 11 is 5.90. The van der Waals surface area contributed by atoms with E-state index in [4.69, 9.17) is 11.6 Å². The van der Waals surface area contributed by atoms with Gasteiger partial charge in [0.15, 0.2) is 0 Å². The Bertz CT molecular complexity index is 704. The van der Waals surface area contributed by atoms with E-state index in [1.54, 1.807) is 6.07 Å². The highest BCUT2D eigenvalue weighted by Gasteiger charge is 2.45. The lowest BCUT2D eigenvalue weighted by Gasteiger charge is -2.21. The van der Waals surface area contributed by atoms with E-state index in [-0.39, 0.29) is 12.2 Å². The largest absolute Gasteiger partial charge is 0.355 e. The van der Waals surface area contributed by atoms with E-state index in [0.717, 1.165) is 49.2 Å². The molecule has 1 aliphatic carbocycles. The number of fused-ring (bicyclic) bond motifs is 1. The van der Waals surface area contributed by atoms with E-state index in [0.29, 0.717) is 11.2 Å². The lowest BCUT2D eigenvalue weighted by atomic mass is 10.2. The van der Waals surface area contributed by atoms with E-state index in [9.17, 15) is 4.39 Å². The summed E-state index contributed by atoms with van der Waals surface area (Å²) < 4.78 is 13.0. The SMILES string of the molecule is FCC1(NC2CCN(c3ccc4nc(Cl)ccc4n3)C2)CC1. The summed E-state index contributed by atoms with van der Waals surface area (Å²) in [7, 11) is 0. The van der Waals surface area contributed by atoms with Crippen LogP contribution >= 0.6 is 11.6 Å². The molecule has 22 heavy (non-hydrogen) atoms. The van der Waals surface area contributed by atoms with Gasteiger partial charge < -0.3 is 10.2 Å². The first-order valence-corrected chi connectivity index (χ1v) is 8.07. The zero-order chi connectivity index (χ0) is 15.2. The second-order valence-electron chi connectivity index (χ2n) is 6.33. The van der Waals surface area contributed by atoms with Crippen molar-refractivity contribution in [3.63, 3.8) is 0 Å². The maximum atomic E-state index is 13.0. The first kappa shape index (κ1) is 14.2. The van der Waals surface area contributed by atoms with Gasteiger partial charge in [-0.15, -0.1) is 0 Å². The highest BCUT2D eigenvalue weighted by atomic mass is 35.5. The van der Waals surface area contributed by atoms with E-state index in [2.05, 4.69) is 20.2 Å². The predicted octanol–water partition coefficient (Wildman–Crippen LogP) is 2.95. The zero-order valence-electron chi connectivity index (χ0n) is 12.2. The van der Waals surface area contributed by atoms with Gasteiger partial charge in [-0.25, -0.2) is 14.4 Å². The number of pyridine rings is 2. The van der Waals surface area contributed by atoms with Crippen molar-refractivity contribution in [1.29, 1.82) is 0 Å². The minimum atomic E-state index is -0.260. The molecule has 1 N–H and O–H groups in total. The maximum Gasteiger partial charge on any atom is 0.129 e. The zero-order valence-corrected chi connectivity index (χ0v) is 13.0. The molecule has 2 aromatic rings. The minimum absolute atomic E-state index is 0.224. The lowest BCUT2D eigenvalue weighted by molar-refractivity contribution is 0.332. The summed E-state index contributed by atoms with van der Waals surface area (Å²) in [6.07, 6.45) is 2.95. The third-order valence-electron chi connectivity index (χ3n) is 4.63. The van der Waals surface area contributed by atoms with Crippen LogP contribution in [0.4, 0.5) is 10.2 Å². The molecule has 0 spiro atoms. The number of rotatable bonds is 4. The maximum absolute atomic E-state index is 13.0. The van der Waals surface area contributed by atoms with Crippen molar-refractivity contribution in [2.24, 2.45) is 0 Å². The molecule has 4 nitrogen and oxygen atoms in total. The van der Waals surface area contributed by atoms with Gasteiger partial charge in [0.05, 0.1) is 11.0 Å². The molecule has 1 saturated heterocycles. The van der Waals surface area contributed by atoms with Gasteiger partial charge in [-0.1, -0.05) is 11.6 Å². The highest BCUT2D eigenvalue weighted by Crippen LogP contribution is 2.37. The summed E-state index contributed by atoms with van der Waals surface area (Å²) in [6.45, 7) is 1.56. The van der Waals surface area contributed by atoms with Crippen molar-refractivity contribution in [3.8, 4) is 0 Å². The summed E-state index contributed by atoms with van der Waals surface area (Å²) in [5.41, 5.74) is 1.43. The van der Waals surface area contributed by atoms with Crippen LogP contribution in [0.1, 0.15) is 19.3 Å². The Morgan fingerprint density at radius 1 is 1.23 bits per heavy atom. The first-order chi connectivity index (χ1) is 10.7. The molecule has 1 aliphatic heterocycles. The van der Waals surface area contributed by atoms with Crippen LogP contribution in [0.5, 0.6) is 0 Å². The summed E-state index contributed by atoms with van der Waals surface area (Å²) in [4.78, 5) is 11.2. The molecule has 0 radical (unpaired) electrons. The molecule has 2 aromatic heterocycles. The van der Waals surface area contributed by atoms with Crippen LogP contribution in [0, 0.1) is 0 Å². The molecular formula is C16H18ClFN4. The van der Waals surface area contributed by atoms with Gasteiger partial charge in [0, 0.05) is 24.7 Å². The van der Waals surface area contributed by atoms with Crippen LogP contribution in [0.15, 0.2) is 24.3 Å². The van der Waals surface area contributed by atoms with Crippen molar-refractivity contribution >= 4 is 28.5 Å². The summed E-state index contributed by atoms with van der Waals surface area (Å²) in [5.74, 6) is 0.950. The van der Waals surface area contributed by atoms with Gasteiger partial charge in [-0.2, -0.15) is 0 Å².